The number of rotatable bonds is 2. The highest BCUT2D eigenvalue weighted by Crippen LogP contribution is 2.41. The van der Waals surface area contributed by atoms with Crippen LogP contribution >= 0.6 is 11.3 Å². The molecule has 2 nitrogen and oxygen atoms in total. The average Bonchev–Trinajstić information content (AvgIpc) is 2.92. The van der Waals surface area contributed by atoms with Gasteiger partial charge in [0.2, 0.25) is 0 Å². The van der Waals surface area contributed by atoms with E-state index in [0.717, 1.165) is 5.46 Å². The second-order valence-corrected chi connectivity index (χ2v) is 8.65. The first kappa shape index (κ1) is 15.8. The lowest BCUT2D eigenvalue weighted by atomic mass is 9.50. The van der Waals surface area contributed by atoms with E-state index in [1.807, 2.05) is 0 Å². The molecule has 0 saturated carbocycles. The van der Waals surface area contributed by atoms with E-state index in [0.29, 0.717) is 0 Å². The molecule has 0 spiro atoms. The number of hydrogen-bond acceptors (Lipinski definition) is 3. The molecule has 0 atom stereocenters. The Morgan fingerprint density at radius 1 is 0.818 bits per heavy atom. The van der Waals surface area contributed by atoms with Gasteiger partial charge in [-0.3, -0.25) is 0 Å². The number of aryl methyl sites for hydroxylation is 2. The summed E-state index contributed by atoms with van der Waals surface area (Å²) in [6, 6.07) is 12.8. The Labute approximate surface area is 137 Å². The lowest BCUT2D eigenvalue weighted by Crippen LogP contribution is -2.60. The third-order valence-corrected chi connectivity index (χ3v) is 6.16. The highest BCUT2D eigenvalue weighted by atomic mass is 32.1. The summed E-state index contributed by atoms with van der Waals surface area (Å²) in [5.74, 6) is 0. The minimum atomic E-state index is -1.64. The second-order valence-electron chi connectivity index (χ2n) is 7.33. The van der Waals surface area contributed by atoms with Crippen molar-refractivity contribution in [1.82, 2.24) is 0 Å². The molecule has 1 fully saturated rings. The van der Waals surface area contributed by atoms with Crippen LogP contribution in [0, 0.1) is 13.8 Å². The molecule has 0 unspecified atom stereocenters. The highest BCUT2D eigenvalue weighted by Gasteiger charge is 2.53. The predicted octanol–water partition coefficient (Wildman–Crippen LogP) is 3.53. The summed E-state index contributed by atoms with van der Waals surface area (Å²) in [5.41, 5.74) is 1.66. The van der Waals surface area contributed by atoms with Crippen LogP contribution in [0.2, 0.25) is 0 Å². The number of thiophene rings is 1. The maximum atomic E-state index is 6.63. The predicted molar refractivity (Wildman–Crippen MR) is 95.6 cm³/mol. The van der Waals surface area contributed by atoms with Crippen LogP contribution in [0.1, 0.15) is 38.1 Å². The van der Waals surface area contributed by atoms with Crippen molar-refractivity contribution in [3.05, 3.63) is 46.8 Å². The van der Waals surface area contributed by atoms with Gasteiger partial charge in [-0.25, -0.2) is 0 Å². The molecule has 0 aliphatic carbocycles. The highest BCUT2D eigenvalue weighted by molar-refractivity contribution is 7.27. The van der Waals surface area contributed by atoms with Crippen LogP contribution in [-0.2, 0) is 9.31 Å². The topological polar surface area (TPSA) is 18.5 Å². The summed E-state index contributed by atoms with van der Waals surface area (Å²) >= 11 is 1.76. The second kappa shape index (κ2) is 4.95. The Morgan fingerprint density at radius 2 is 1.36 bits per heavy atom. The summed E-state index contributed by atoms with van der Waals surface area (Å²) in [6.45, 7) is 11.0. The van der Waals surface area contributed by atoms with Gasteiger partial charge in [-0.05, 0) is 46.4 Å². The molecule has 1 aliphatic heterocycles. The van der Waals surface area contributed by atoms with Crippen LogP contribution in [-0.4, -0.2) is 17.8 Å². The van der Waals surface area contributed by atoms with Crippen molar-refractivity contribution in [3.63, 3.8) is 0 Å². The first-order valence-electron chi connectivity index (χ1n) is 7.85. The maximum absolute atomic E-state index is 6.63. The van der Waals surface area contributed by atoms with Crippen molar-refractivity contribution in [3.8, 4) is 0 Å². The minimum absolute atomic E-state index is 0.351. The van der Waals surface area contributed by atoms with Crippen LogP contribution in [0.3, 0.4) is 0 Å². The van der Waals surface area contributed by atoms with E-state index in [9.17, 15) is 0 Å². The zero-order valence-corrected chi connectivity index (χ0v) is 15.1. The Morgan fingerprint density at radius 3 is 1.82 bits per heavy atom. The number of hydrogen-bond donors (Lipinski definition) is 0. The normalized spacial score (nSPS) is 21.9. The van der Waals surface area contributed by atoms with Gasteiger partial charge < -0.3 is 9.31 Å². The quantitative estimate of drug-likeness (QED) is 0.790. The smallest absolute Gasteiger partial charge is 0.309 e. The fourth-order valence-electron chi connectivity index (χ4n) is 3.03. The largest absolute Gasteiger partial charge is 0.554 e. The van der Waals surface area contributed by atoms with Gasteiger partial charge in [-0.1, -0.05) is 46.7 Å². The molecule has 1 aromatic heterocycles. The van der Waals surface area contributed by atoms with Gasteiger partial charge in [0, 0.05) is 11.2 Å². The van der Waals surface area contributed by atoms with E-state index < -0.39 is 6.55 Å². The van der Waals surface area contributed by atoms with Crippen LogP contribution in [0.25, 0.3) is 0 Å². The molecular weight excluding hydrogens is 291 g/mol. The summed E-state index contributed by atoms with van der Waals surface area (Å²) in [7, 11) is 0. The van der Waals surface area contributed by atoms with Crippen LogP contribution in [0.5, 0.6) is 0 Å². The molecule has 118 valence electrons. The van der Waals surface area contributed by atoms with Gasteiger partial charge in [0.25, 0.3) is 0 Å². The summed E-state index contributed by atoms with van der Waals surface area (Å²) in [5, 5.41) is 0. The van der Waals surface area contributed by atoms with Gasteiger partial charge in [0.1, 0.15) is 0 Å². The Balaban J connectivity index is 2.18. The monoisotopic (exact) mass is 315 g/mol. The van der Waals surface area contributed by atoms with Crippen molar-refractivity contribution >= 4 is 28.1 Å². The fraction of sp³-hybridized carbons (Fsp3) is 0.444. The molecule has 0 N–H and O–H groups in total. The lowest BCUT2D eigenvalue weighted by Gasteiger charge is -2.37. The molecule has 3 rings (SSSR count). The standard InChI is InChI=1S/C18H24BO2S/c1-13-7-10-15(11-8-13)19(16-12-9-14(2)22-16)20-17(3,4)18(5,6)21-19/h7-12H,1-6H3/q-1. The molecule has 2 aromatic rings. The average molecular weight is 315 g/mol. The first-order chi connectivity index (χ1) is 10.2. The van der Waals surface area contributed by atoms with E-state index in [-0.39, 0.29) is 11.2 Å². The first-order valence-corrected chi connectivity index (χ1v) is 8.66. The molecule has 1 aliphatic rings. The molecular formula is C18H24BO2S-. The van der Waals surface area contributed by atoms with Gasteiger partial charge in [-0.2, -0.15) is 11.3 Å². The van der Waals surface area contributed by atoms with Gasteiger partial charge in [-0.15, -0.1) is 5.46 Å². The van der Waals surface area contributed by atoms with Gasteiger partial charge in [0.15, 0.2) is 0 Å². The molecule has 2 heterocycles. The van der Waals surface area contributed by atoms with Crippen molar-refractivity contribution in [2.75, 3.05) is 0 Å². The van der Waals surface area contributed by atoms with Crippen molar-refractivity contribution in [2.45, 2.75) is 52.7 Å². The van der Waals surface area contributed by atoms with Crippen LogP contribution in [0.4, 0.5) is 0 Å². The zero-order chi connectivity index (χ0) is 16.2. The van der Waals surface area contributed by atoms with Gasteiger partial charge >= 0.3 is 6.55 Å². The van der Waals surface area contributed by atoms with Gasteiger partial charge in [0.05, 0.1) is 0 Å². The van der Waals surface area contributed by atoms with E-state index in [4.69, 9.17) is 9.31 Å². The van der Waals surface area contributed by atoms with Crippen molar-refractivity contribution in [1.29, 1.82) is 0 Å². The summed E-state index contributed by atoms with van der Waals surface area (Å²) < 4.78 is 14.4. The van der Waals surface area contributed by atoms with E-state index in [2.05, 4.69) is 77.9 Å². The Kier molecular flexibility index (Phi) is 3.55. The minimum Gasteiger partial charge on any atom is -0.554 e. The van der Waals surface area contributed by atoms with E-state index in [1.165, 1.54) is 15.2 Å². The molecule has 0 radical (unpaired) electrons. The molecule has 1 saturated heterocycles. The Bertz CT molecular complexity index is 669. The molecule has 1 aromatic carbocycles. The molecule has 22 heavy (non-hydrogen) atoms. The number of benzene rings is 1. The molecule has 0 bridgehead atoms. The molecule has 4 heteroatoms. The van der Waals surface area contributed by atoms with E-state index >= 15 is 0 Å². The molecule has 0 amide bonds. The maximum Gasteiger partial charge on any atom is 0.309 e. The third kappa shape index (κ3) is 2.34. The van der Waals surface area contributed by atoms with Crippen molar-refractivity contribution < 1.29 is 9.31 Å². The van der Waals surface area contributed by atoms with Crippen LogP contribution < -0.4 is 10.2 Å². The van der Waals surface area contributed by atoms with Crippen LogP contribution in [0.15, 0.2) is 36.4 Å². The summed E-state index contributed by atoms with van der Waals surface area (Å²) in [6.07, 6.45) is 0. The van der Waals surface area contributed by atoms with Crippen molar-refractivity contribution in [2.24, 2.45) is 0 Å². The third-order valence-electron chi connectivity index (χ3n) is 5.02. The van der Waals surface area contributed by atoms with E-state index in [1.54, 1.807) is 11.3 Å². The fourth-order valence-corrected chi connectivity index (χ4v) is 4.06. The lowest BCUT2D eigenvalue weighted by molar-refractivity contribution is 0.00578. The zero-order valence-electron chi connectivity index (χ0n) is 14.3. The summed E-state index contributed by atoms with van der Waals surface area (Å²) in [4.78, 5) is 1.28. The Hall–Kier alpha value is -1.10. The SMILES string of the molecule is Cc1ccc([B-]2(c3ccc(C)s3)OC(C)(C)C(C)(C)O2)cc1.